The summed E-state index contributed by atoms with van der Waals surface area (Å²) in [5.74, 6) is 0.0746. The minimum Gasteiger partial charge on any atom is -0.394 e. The van der Waals surface area contributed by atoms with Crippen LogP contribution in [-0.4, -0.2) is 43.9 Å². The lowest BCUT2D eigenvalue weighted by molar-refractivity contribution is -0.121. The second kappa shape index (κ2) is 11.4. The molecule has 0 heterocycles. The Hall–Kier alpha value is -0.650. The van der Waals surface area contributed by atoms with Gasteiger partial charge in [-0.2, -0.15) is 0 Å². The minimum absolute atomic E-state index is 0.0471. The molecule has 90 valence electrons. The normalized spacial score (nSPS) is 10.3. The largest absolute Gasteiger partial charge is 0.394 e. The average molecular weight is 218 g/mol. The van der Waals surface area contributed by atoms with Crippen LogP contribution < -0.4 is 11.1 Å². The van der Waals surface area contributed by atoms with Gasteiger partial charge in [0, 0.05) is 19.6 Å². The second-order valence-corrected chi connectivity index (χ2v) is 3.29. The van der Waals surface area contributed by atoms with Crippen LogP contribution in [0.25, 0.3) is 0 Å². The summed E-state index contributed by atoms with van der Waals surface area (Å²) in [7, 11) is 0. The fraction of sp³-hybridized carbons (Fsp3) is 0.900. The highest BCUT2D eigenvalue weighted by molar-refractivity contribution is 5.75. The number of aliphatic hydroxyl groups is 1. The molecular weight excluding hydrogens is 196 g/mol. The Kier molecular flexibility index (Phi) is 10.9. The van der Waals surface area contributed by atoms with Gasteiger partial charge in [-0.3, -0.25) is 4.79 Å². The van der Waals surface area contributed by atoms with E-state index in [-0.39, 0.29) is 12.5 Å². The van der Waals surface area contributed by atoms with Crippen molar-refractivity contribution in [1.29, 1.82) is 0 Å². The van der Waals surface area contributed by atoms with E-state index in [0.29, 0.717) is 32.7 Å². The molecule has 0 aliphatic heterocycles. The van der Waals surface area contributed by atoms with E-state index in [1.807, 2.05) is 0 Å². The van der Waals surface area contributed by atoms with E-state index in [1.165, 1.54) is 0 Å². The molecule has 15 heavy (non-hydrogen) atoms. The van der Waals surface area contributed by atoms with Crippen LogP contribution in [0.2, 0.25) is 0 Å². The van der Waals surface area contributed by atoms with E-state index in [4.69, 9.17) is 15.6 Å². The summed E-state index contributed by atoms with van der Waals surface area (Å²) < 4.78 is 5.05. The van der Waals surface area contributed by atoms with Crippen molar-refractivity contribution in [3.63, 3.8) is 0 Å². The molecule has 0 saturated carbocycles. The Labute approximate surface area is 91.0 Å². The van der Waals surface area contributed by atoms with Crippen molar-refractivity contribution < 1.29 is 14.6 Å². The van der Waals surface area contributed by atoms with E-state index < -0.39 is 0 Å². The summed E-state index contributed by atoms with van der Waals surface area (Å²) in [4.78, 5) is 11.2. The van der Waals surface area contributed by atoms with E-state index in [2.05, 4.69) is 5.32 Å². The summed E-state index contributed by atoms with van der Waals surface area (Å²) in [6.45, 7) is 2.26. The van der Waals surface area contributed by atoms with Crippen molar-refractivity contribution in [3.05, 3.63) is 0 Å². The number of carbonyl (C=O) groups is 1. The van der Waals surface area contributed by atoms with Crippen molar-refractivity contribution >= 4 is 5.91 Å². The first kappa shape index (κ1) is 14.3. The average Bonchev–Trinajstić information content (AvgIpc) is 2.23. The molecule has 0 radical (unpaired) electrons. The zero-order valence-electron chi connectivity index (χ0n) is 9.21. The third-order valence-electron chi connectivity index (χ3n) is 1.88. The van der Waals surface area contributed by atoms with Gasteiger partial charge in [0.05, 0.1) is 13.2 Å². The molecule has 5 nitrogen and oxygen atoms in total. The molecule has 0 aromatic carbocycles. The van der Waals surface area contributed by atoms with Crippen molar-refractivity contribution in [2.24, 2.45) is 5.73 Å². The molecule has 0 saturated heterocycles. The van der Waals surface area contributed by atoms with Gasteiger partial charge < -0.3 is 20.9 Å². The monoisotopic (exact) mass is 218 g/mol. The highest BCUT2D eigenvalue weighted by Crippen LogP contribution is 1.92. The van der Waals surface area contributed by atoms with E-state index in [9.17, 15) is 4.79 Å². The third-order valence-corrected chi connectivity index (χ3v) is 1.88. The van der Waals surface area contributed by atoms with Gasteiger partial charge in [-0.05, 0) is 25.8 Å². The molecule has 0 aromatic rings. The lowest BCUT2D eigenvalue weighted by Gasteiger charge is -2.05. The lowest BCUT2D eigenvalue weighted by atomic mass is 10.2. The van der Waals surface area contributed by atoms with Crippen molar-refractivity contribution in [3.8, 4) is 0 Å². The first-order chi connectivity index (χ1) is 7.31. The van der Waals surface area contributed by atoms with E-state index >= 15 is 0 Å². The molecular formula is C10H22N2O3. The van der Waals surface area contributed by atoms with Crippen LogP contribution in [0, 0.1) is 0 Å². The summed E-state index contributed by atoms with van der Waals surface area (Å²) in [6, 6.07) is 0. The highest BCUT2D eigenvalue weighted by Gasteiger charge is 1.99. The topological polar surface area (TPSA) is 84.6 Å². The second-order valence-electron chi connectivity index (χ2n) is 3.29. The number of nitrogens with one attached hydrogen (secondary N) is 1. The zero-order valence-corrected chi connectivity index (χ0v) is 9.21. The fourth-order valence-electron chi connectivity index (χ4n) is 1.09. The number of nitrogens with two attached hydrogens (primary N) is 1. The molecule has 0 unspecified atom stereocenters. The van der Waals surface area contributed by atoms with Crippen molar-refractivity contribution in [2.75, 3.05) is 32.9 Å². The highest BCUT2D eigenvalue weighted by atomic mass is 16.5. The molecule has 0 aromatic heterocycles. The number of rotatable bonds is 10. The minimum atomic E-state index is 0.0471. The summed E-state index contributed by atoms with van der Waals surface area (Å²) in [5.41, 5.74) is 5.31. The first-order valence-electron chi connectivity index (χ1n) is 5.46. The van der Waals surface area contributed by atoms with Gasteiger partial charge in [-0.1, -0.05) is 0 Å². The Morgan fingerprint density at radius 3 is 2.73 bits per heavy atom. The number of carbonyl (C=O) groups excluding carboxylic acids is 1. The van der Waals surface area contributed by atoms with Gasteiger partial charge in [-0.15, -0.1) is 0 Å². The van der Waals surface area contributed by atoms with Crippen LogP contribution in [0.5, 0.6) is 0 Å². The van der Waals surface area contributed by atoms with Crippen LogP contribution >= 0.6 is 0 Å². The van der Waals surface area contributed by atoms with Crippen molar-refractivity contribution in [2.45, 2.75) is 25.7 Å². The Balaban J connectivity index is 3.10. The van der Waals surface area contributed by atoms with Crippen LogP contribution in [0.3, 0.4) is 0 Å². The summed E-state index contributed by atoms with van der Waals surface area (Å²) in [5, 5.41) is 11.2. The van der Waals surface area contributed by atoms with Gasteiger partial charge in [0.1, 0.15) is 0 Å². The first-order valence-corrected chi connectivity index (χ1v) is 5.46. The number of amides is 1. The molecule has 0 bridgehead atoms. The van der Waals surface area contributed by atoms with Crippen molar-refractivity contribution in [1.82, 2.24) is 5.32 Å². The van der Waals surface area contributed by atoms with Gasteiger partial charge in [0.25, 0.3) is 0 Å². The van der Waals surface area contributed by atoms with E-state index in [0.717, 1.165) is 19.3 Å². The summed E-state index contributed by atoms with van der Waals surface area (Å²) in [6.07, 6.45) is 3.08. The van der Waals surface area contributed by atoms with Crippen LogP contribution in [0.1, 0.15) is 25.7 Å². The standard InChI is InChI=1S/C10H22N2O3/c11-5-2-1-4-10(14)12-6-3-8-15-9-7-13/h13H,1-9,11H2,(H,12,14). The van der Waals surface area contributed by atoms with Gasteiger partial charge >= 0.3 is 0 Å². The quantitative estimate of drug-likeness (QED) is 0.437. The number of ether oxygens (including phenoxy) is 1. The van der Waals surface area contributed by atoms with Gasteiger partial charge in [-0.25, -0.2) is 0 Å². The smallest absolute Gasteiger partial charge is 0.219 e. The third kappa shape index (κ3) is 11.3. The molecule has 0 spiro atoms. The molecule has 0 fully saturated rings. The van der Waals surface area contributed by atoms with Crippen LogP contribution in [-0.2, 0) is 9.53 Å². The molecule has 1 amide bonds. The molecule has 0 rings (SSSR count). The number of hydrogen-bond donors (Lipinski definition) is 3. The molecule has 4 N–H and O–H groups in total. The van der Waals surface area contributed by atoms with Crippen LogP contribution in [0.4, 0.5) is 0 Å². The number of unbranched alkanes of at least 4 members (excludes halogenated alkanes) is 1. The molecule has 0 aliphatic rings. The maximum absolute atomic E-state index is 11.2. The number of aliphatic hydroxyl groups excluding tert-OH is 1. The Morgan fingerprint density at radius 2 is 2.07 bits per heavy atom. The predicted molar refractivity (Wildman–Crippen MR) is 58.4 cm³/mol. The fourth-order valence-corrected chi connectivity index (χ4v) is 1.09. The van der Waals surface area contributed by atoms with Gasteiger partial charge in [0.15, 0.2) is 0 Å². The SMILES string of the molecule is NCCCCC(=O)NCCCOCCO. The number of hydrogen-bond acceptors (Lipinski definition) is 4. The molecule has 0 aliphatic carbocycles. The summed E-state index contributed by atoms with van der Waals surface area (Å²) >= 11 is 0. The maximum atomic E-state index is 11.2. The predicted octanol–water partition coefficient (Wildman–Crippen LogP) is -0.369. The van der Waals surface area contributed by atoms with Gasteiger partial charge in [0.2, 0.25) is 5.91 Å². The molecule has 5 heteroatoms. The molecule has 0 atom stereocenters. The zero-order chi connectivity index (χ0) is 11.4. The Bertz CT molecular complexity index is 154. The van der Waals surface area contributed by atoms with Crippen LogP contribution in [0.15, 0.2) is 0 Å². The maximum Gasteiger partial charge on any atom is 0.219 e. The lowest BCUT2D eigenvalue weighted by Crippen LogP contribution is -2.25. The Morgan fingerprint density at radius 1 is 1.27 bits per heavy atom. The van der Waals surface area contributed by atoms with E-state index in [1.54, 1.807) is 0 Å².